The van der Waals surface area contributed by atoms with Crippen molar-refractivity contribution in [3.05, 3.63) is 17.3 Å². The highest BCUT2D eigenvalue weighted by atomic mass is 32.1. The van der Waals surface area contributed by atoms with Gasteiger partial charge in [0.05, 0.1) is 5.69 Å². The summed E-state index contributed by atoms with van der Waals surface area (Å²) in [7, 11) is 1.80. The third kappa shape index (κ3) is 4.25. The summed E-state index contributed by atoms with van der Waals surface area (Å²) < 4.78 is 0. The number of hydrogen-bond donors (Lipinski definition) is 3. The highest BCUT2D eigenvalue weighted by Gasteiger charge is 1.99. The summed E-state index contributed by atoms with van der Waals surface area (Å²) in [5.41, 5.74) is 13.1. The standard InChI is InChI=1S/C7H12N4S.C2H6/c1-5(3-10-9-2)6-4-12-7(8)11-6;1-2/h3-4,9-10H,1-2H3,(H2,8,11);1-2H3/b5-3+;. The van der Waals surface area contributed by atoms with E-state index < -0.39 is 0 Å². The Balaban J connectivity index is 0.000000791. The van der Waals surface area contributed by atoms with Gasteiger partial charge in [0.2, 0.25) is 0 Å². The molecule has 0 aliphatic heterocycles. The van der Waals surface area contributed by atoms with Gasteiger partial charge in [-0.1, -0.05) is 13.8 Å². The van der Waals surface area contributed by atoms with Gasteiger partial charge in [0.15, 0.2) is 5.13 Å². The summed E-state index contributed by atoms with van der Waals surface area (Å²) in [5, 5.41) is 2.53. The Kier molecular flexibility index (Phi) is 6.78. The van der Waals surface area contributed by atoms with Gasteiger partial charge in [0, 0.05) is 18.6 Å². The molecule has 1 aromatic rings. The smallest absolute Gasteiger partial charge is 0.180 e. The van der Waals surface area contributed by atoms with E-state index in [9.17, 15) is 0 Å². The third-order valence-corrected chi connectivity index (χ3v) is 2.03. The van der Waals surface area contributed by atoms with Crippen molar-refractivity contribution in [2.75, 3.05) is 12.8 Å². The summed E-state index contributed by atoms with van der Waals surface area (Å²) in [6, 6.07) is 0. The molecule has 0 saturated carbocycles. The number of allylic oxidation sites excluding steroid dienone is 1. The largest absolute Gasteiger partial charge is 0.375 e. The second kappa shape index (κ2) is 7.34. The van der Waals surface area contributed by atoms with Crippen LogP contribution in [0, 0.1) is 0 Å². The maximum atomic E-state index is 5.49. The Morgan fingerprint density at radius 2 is 2.21 bits per heavy atom. The normalized spacial score (nSPS) is 10.4. The minimum absolute atomic E-state index is 0.599. The Labute approximate surface area is 89.2 Å². The predicted octanol–water partition coefficient (Wildman–Crippen LogP) is 1.84. The first-order chi connectivity index (χ1) is 6.74. The zero-order chi connectivity index (χ0) is 11.0. The summed E-state index contributed by atoms with van der Waals surface area (Å²) >= 11 is 1.44. The Hall–Kier alpha value is -1.07. The van der Waals surface area contributed by atoms with Crippen LogP contribution in [0.25, 0.3) is 5.57 Å². The molecule has 4 N–H and O–H groups in total. The molecule has 4 nitrogen and oxygen atoms in total. The van der Waals surface area contributed by atoms with Crippen molar-refractivity contribution in [1.29, 1.82) is 0 Å². The van der Waals surface area contributed by atoms with Crippen LogP contribution in [0.2, 0.25) is 0 Å². The molecule has 0 saturated heterocycles. The zero-order valence-electron chi connectivity index (χ0n) is 9.09. The van der Waals surface area contributed by atoms with Gasteiger partial charge < -0.3 is 11.2 Å². The van der Waals surface area contributed by atoms with Crippen LogP contribution in [0.3, 0.4) is 0 Å². The van der Waals surface area contributed by atoms with Crippen LogP contribution >= 0.6 is 11.3 Å². The molecule has 0 fully saturated rings. The number of nitrogens with two attached hydrogens (primary N) is 1. The summed E-state index contributed by atoms with van der Waals surface area (Å²) in [6.07, 6.45) is 1.84. The molecule has 0 amide bonds. The molecule has 1 aromatic heterocycles. The van der Waals surface area contributed by atoms with E-state index in [1.807, 2.05) is 32.4 Å². The van der Waals surface area contributed by atoms with Crippen molar-refractivity contribution >= 4 is 22.0 Å². The van der Waals surface area contributed by atoms with Crippen molar-refractivity contribution in [1.82, 2.24) is 15.8 Å². The van der Waals surface area contributed by atoms with E-state index in [4.69, 9.17) is 5.73 Å². The van der Waals surface area contributed by atoms with Gasteiger partial charge in [-0.05, 0) is 12.5 Å². The number of nitrogen functional groups attached to an aromatic ring is 1. The third-order valence-electron chi connectivity index (χ3n) is 1.36. The molecule has 0 atom stereocenters. The molecular weight excluding hydrogens is 196 g/mol. The minimum atomic E-state index is 0.599. The van der Waals surface area contributed by atoms with Crippen molar-refractivity contribution in [3.63, 3.8) is 0 Å². The lowest BCUT2D eigenvalue weighted by Crippen LogP contribution is -2.21. The van der Waals surface area contributed by atoms with Crippen LogP contribution < -0.4 is 16.6 Å². The van der Waals surface area contributed by atoms with Gasteiger partial charge >= 0.3 is 0 Å². The predicted molar refractivity (Wildman–Crippen MR) is 63.7 cm³/mol. The van der Waals surface area contributed by atoms with Crippen molar-refractivity contribution in [3.8, 4) is 0 Å². The quantitative estimate of drug-likeness (QED) is 0.672. The molecule has 0 bridgehead atoms. The molecule has 0 aliphatic carbocycles. The van der Waals surface area contributed by atoms with Gasteiger partial charge in [-0.3, -0.25) is 0 Å². The molecule has 0 aliphatic rings. The van der Waals surface area contributed by atoms with Crippen molar-refractivity contribution < 1.29 is 0 Å². The van der Waals surface area contributed by atoms with Crippen LogP contribution in [0.15, 0.2) is 11.6 Å². The van der Waals surface area contributed by atoms with Crippen LogP contribution in [0.5, 0.6) is 0 Å². The average Bonchev–Trinajstić information content (AvgIpc) is 2.64. The average molecular weight is 214 g/mol. The van der Waals surface area contributed by atoms with Gasteiger partial charge in [-0.25, -0.2) is 10.4 Å². The lowest BCUT2D eigenvalue weighted by atomic mass is 10.3. The first kappa shape index (κ1) is 12.9. The number of anilines is 1. The fraction of sp³-hybridized carbons (Fsp3) is 0.444. The van der Waals surface area contributed by atoms with Gasteiger partial charge in [-0.2, -0.15) is 0 Å². The lowest BCUT2D eigenvalue weighted by Gasteiger charge is -1.97. The minimum Gasteiger partial charge on any atom is -0.375 e. The number of hydrogen-bond acceptors (Lipinski definition) is 5. The number of aromatic nitrogens is 1. The fourth-order valence-corrected chi connectivity index (χ4v) is 1.35. The highest BCUT2D eigenvalue weighted by molar-refractivity contribution is 7.13. The SMILES string of the molecule is CC.CNN/C=C(\C)c1csc(N)n1. The molecule has 80 valence electrons. The highest BCUT2D eigenvalue weighted by Crippen LogP contribution is 2.17. The number of nitrogens with one attached hydrogen (secondary N) is 2. The van der Waals surface area contributed by atoms with Crippen LogP contribution in [0.1, 0.15) is 26.5 Å². The van der Waals surface area contributed by atoms with Crippen molar-refractivity contribution in [2.24, 2.45) is 0 Å². The molecule has 1 rings (SSSR count). The fourth-order valence-electron chi connectivity index (χ4n) is 0.723. The number of thiazole rings is 1. The van der Waals surface area contributed by atoms with E-state index in [0.29, 0.717) is 5.13 Å². The zero-order valence-corrected chi connectivity index (χ0v) is 9.90. The molecule has 0 spiro atoms. The van der Waals surface area contributed by atoms with E-state index in [-0.39, 0.29) is 0 Å². The Bertz CT molecular complexity index is 280. The first-order valence-electron chi connectivity index (χ1n) is 4.54. The summed E-state index contributed by atoms with van der Waals surface area (Å²) in [5.74, 6) is 0. The van der Waals surface area contributed by atoms with Crippen LogP contribution in [-0.4, -0.2) is 12.0 Å². The number of nitrogens with zero attached hydrogens (tertiary/aromatic N) is 1. The number of hydrazine groups is 1. The van der Waals surface area contributed by atoms with E-state index in [0.717, 1.165) is 11.3 Å². The van der Waals surface area contributed by atoms with Gasteiger partial charge in [0.25, 0.3) is 0 Å². The van der Waals surface area contributed by atoms with Gasteiger partial charge in [0.1, 0.15) is 0 Å². The molecule has 1 heterocycles. The lowest BCUT2D eigenvalue weighted by molar-refractivity contribution is 0.731. The van der Waals surface area contributed by atoms with Gasteiger partial charge in [-0.15, -0.1) is 11.3 Å². The monoisotopic (exact) mass is 214 g/mol. The van der Waals surface area contributed by atoms with E-state index in [1.165, 1.54) is 11.3 Å². The van der Waals surface area contributed by atoms with Crippen LogP contribution in [0.4, 0.5) is 5.13 Å². The van der Waals surface area contributed by atoms with E-state index in [2.05, 4.69) is 15.8 Å². The Morgan fingerprint density at radius 3 is 2.64 bits per heavy atom. The van der Waals surface area contributed by atoms with Crippen LogP contribution in [-0.2, 0) is 0 Å². The first-order valence-corrected chi connectivity index (χ1v) is 5.42. The van der Waals surface area contributed by atoms with Crippen molar-refractivity contribution in [2.45, 2.75) is 20.8 Å². The Morgan fingerprint density at radius 1 is 1.57 bits per heavy atom. The molecule has 0 unspecified atom stereocenters. The summed E-state index contributed by atoms with van der Waals surface area (Å²) in [6.45, 7) is 5.97. The van der Waals surface area contributed by atoms with E-state index >= 15 is 0 Å². The maximum absolute atomic E-state index is 5.49. The number of rotatable bonds is 3. The topological polar surface area (TPSA) is 63.0 Å². The van der Waals surface area contributed by atoms with E-state index in [1.54, 1.807) is 7.05 Å². The second-order valence-electron chi connectivity index (χ2n) is 2.29. The molecule has 0 aromatic carbocycles. The molecule has 5 heteroatoms. The molecular formula is C9H18N4S. The molecule has 0 radical (unpaired) electrons. The molecule has 14 heavy (non-hydrogen) atoms. The summed E-state index contributed by atoms with van der Waals surface area (Å²) in [4.78, 5) is 4.12. The second-order valence-corrected chi connectivity index (χ2v) is 3.18. The maximum Gasteiger partial charge on any atom is 0.180 e.